The summed E-state index contributed by atoms with van der Waals surface area (Å²) >= 11 is 0. The van der Waals surface area contributed by atoms with Crippen LogP contribution in [0.4, 0.5) is 0 Å². The molecule has 0 saturated heterocycles. The maximum Gasteiger partial charge on any atom is -0.0248 e. The van der Waals surface area contributed by atoms with Gasteiger partial charge >= 0.3 is 0 Å². The van der Waals surface area contributed by atoms with Crippen LogP contribution in [0.15, 0.2) is 30.3 Å². The molecule has 0 saturated carbocycles. The molecular formula is C13H19. The average Bonchev–Trinajstić information content (AvgIpc) is 2.15. The van der Waals surface area contributed by atoms with Crippen LogP contribution in [0, 0.1) is 18.8 Å². The molecule has 0 fully saturated rings. The fraction of sp³-hybridized carbons (Fsp3) is 0.462. The average molecular weight is 175 g/mol. The SMILES string of the molecule is [CH2]CC(Cc1ccccc1)C(C)C. The van der Waals surface area contributed by atoms with E-state index in [2.05, 4.69) is 51.1 Å². The monoisotopic (exact) mass is 175 g/mol. The van der Waals surface area contributed by atoms with Crippen molar-refractivity contribution in [3.8, 4) is 0 Å². The van der Waals surface area contributed by atoms with Crippen LogP contribution >= 0.6 is 0 Å². The van der Waals surface area contributed by atoms with Gasteiger partial charge in [-0.15, -0.1) is 0 Å². The zero-order chi connectivity index (χ0) is 9.68. The van der Waals surface area contributed by atoms with E-state index in [0.29, 0.717) is 0 Å². The van der Waals surface area contributed by atoms with E-state index in [9.17, 15) is 0 Å². The first-order valence-electron chi connectivity index (χ1n) is 5.07. The molecule has 1 aromatic carbocycles. The van der Waals surface area contributed by atoms with Gasteiger partial charge in [0.15, 0.2) is 0 Å². The summed E-state index contributed by atoms with van der Waals surface area (Å²) in [6, 6.07) is 10.7. The van der Waals surface area contributed by atoms with Crippen molar-refractivity contribution in [1.29, 1.82) is 0 Å². The zero-order valence-electron chi connectivity index (χ0n) is 8.66. The van der Waals surface area contributed by atoms with Gasteiger partial charge in [0.05, 0.1) is 0 Å². The molecule has 13 heavy (non-hydrogen) atoms. The molecule has 0 amide bonds. The van der Waals surface area contributed by atoms with Gasteiger partial charge in [0, 0.05) is 0 Å². The summed E-state index contributed by atoms with van der Waals surface area (Å²) in [5.74, 6) is 1.46. The van der Waals surface area contributed by atoms with Crippen LogP contribution in [0.1, 0.15) is 25.8 Å². The third-order valence-electron chi connectivity index (χ3n) is 2.65. The van der Waals surface area contributed by atoms with E-state index >= 15 is 0 Å². The summed E-state index contributed by atoms with van der Waals surface area (Å²) in [5, 5.41) is 0. The maximum absolute atomic E-state index is 4.00. The Kier molecular flexibility index (Phi) is 4.01. The van der Waals surface area contributed by atoms with Crippen LogP contribution in [0.2, 0.25) is 0 Å². The van der Waals surface area contributed by atoms with Crippen molar-refractivity contribution < 1.29 is 0 Å². The van der Waals surface area contributed by atoms with Crippen LogP contribution in [0.5, 0.6) is 0 Å². The van der Waals surface area contributed by atoms with Gasteiger partial charge in [-0.1, -0.05) is 51.1 Å². The van der Waals surface area contributed by atoms with E-state index < -0.39 is 0 Å². The predicted octanol–water partition coefficient (Wildman–Crippen LogP) is 3.73. The largest absolute Gasteiger partial charge is 0.0625 e. The molecule has 0 spiro atoms. The Morgan fingerprint density at radius 1 is 1.15 bits per heavy atom. The van der Waals surface area contributed by atoms with Gasteiger partial charge in [0.1, 0.15) is 0 Å². The first kappa shape index (κ1) is 10.3. The number of hydrogen-bond acceptors (Lipinski definition) is 0. The third-order valence-corrected chi connectivity index (χ3v) is 2.65. The highest BCUT2D eigenvalue weighted by Crippen LogP contribution is 2.19. The van der Waals surface area contributed by atoms with Crippen molar-refractivity contribution in [2.45, 2.75) is 26.7 Å². The van der Waals surface area contributed by atoms with Gasteiger partial charge in [0.25, 0.3) is 0 Å². The number of hydrogen-bond donors (Lipinski definition) is 0. The minimum atomic E-state index is 0.724. The van der Waals surface area contributed by atoms with Crippen molar-refractivity contribution in [2.24, 2.45) is 11.8 Å². The molecule has 0 heterocycles. The third kappa shape index (κ3) is 3.22. The van der Waals surface area contributed by atoms with Crippen molar-refractivity contribution in [3.63, 3.8) is 0 Å². The molecule has 1 atom stereocenters. The molecule has 1 aromatic rings. The quantitative estimate of drug-likeness (QED) is 0.654. The first-order chi connectivity index (χ1) is 6.24. The van der Waals surface area contributed by atoms with E-state index in [1.165, 1.54) is 12.0 Å². The van der Waals surface area contributed by atoms with Gasteiger partial charge in [-0.2, -0.15) is 0 Å². The highest BCUT2D eigenvalue weighted by atomic mass is 14.2. The predicted molar refractivity (Wildman–Crippen MR) is 58.4 cm³/mol. The fourth-order valence-electron chi connectivity index (χ4n) is 1.59. The highest BCUT2D eigenvalue weighted by Gasteiger charge is 2.10. The minimum absolute atomic E-state index is 0.724. The minimum Gasteiger partial charge on any atom is -0.0625 e. The second-order valence-electron chi connectivity index (χ2n) is 3.98. The van der Waals surface area contributed by atoms with Gasteiger partial charge in [-0.3, -0.25) is 0 Å². The Hall–Kier alpha value is -0.780. The summed E-state index contributed by atoms with van der Waals surface area (Å²) in [5.41, 5.74) is 1.44. The summed E-state index contributed by atoms with van der Waals surface area (Å²) < 4.78 is 0. The molecule has 71 valence electrons. The fourth-order valence-corrected chi connectivity index (χ4v) is 1.59. The van der Waals surface area contributed by atoms with Crippen LogP contribution in [0.25, 0.3) is 0 Å². The molecule has 0 aromatic heterocycles. The van der Waals surface area contributed by atoms with E-state index in [1.54, 1.807) is 0 Å². The standard InChI is InChI=1S/C13H19/c1-4-13(11(2)3)10-12-8-6-5-7-9-12/h5-9,11,13H,1,4,10H2,2-3H3. The van der Waals surface area contributed by atoms with Crippen molar-refractivity contribution >= 4 is 0 Å². The van der Waals surface area contributed by atoms with E-state index in [0.717, 1.165) is 18.3 Å². The lowest BCUT2D eigenvalue weighted by Gasteiger charge is -2.18. The Labute approximate surface area is 82.0 Å². The number of rotatable bonds is 4. The van der Waals surface area contributed by atoms with Crippen LogP contribution in [-0.2, 0) is 6.42 Å². The van der Waals surface area contributed by atoms with Crippen LogP contribution in [0.3, 0.4) is 0 Å². The summed E-state index contributed by atoms with van der Waals surface area (Å²) in [7, 11) is 0. The topological polar surface area (TPSA) is 0 Å². The summed E-state index contributed by atoms with van der Waals surface area (Å²) in [6.07, 6.45) is 2.20. The van der Waals surface area contributed by atoms with Gasteiger partial charge in [-0.05, 0) is 30.2 Å². The smallest absolute Gasteiger partial charge is 0.0248 e. The molecule has 0 nitrogen and oxygen atoms in total. The van der Waals surface area contributed by atoms with Crippen molar-refractivity contribution in [3.05, 3.63) is 42.8 Å². The molecule has 0 aliphatic rings. The molecule has 0 heteroatoms. The van der Waals surface area contributed by atoms with Crippen LogP contribution < -0.4 is 0 Å². The Morgan fingerprint density at radius 2 is 1.77 bits per heavy atom. The van der Waals surface area contributed by atoms with Gasteiger partial charge in [0.2, 0.25) is 0 Å². The lowest BCUT2D eigenvalue weighted by atomic mass is 9.87. The Balaban J connectivity index is 2.57. The molecule has 0 aliphatic carbocycles. The second kappa shape index (κ2) is 5.06. The molecule has 0 bridgehead atoms. The molecule has 1 unspecified atom stereocenters. The molecule has 0 aliphatic heterocycles. The summed E-state index contributed by atoms with van der Waals surface area (Å²) in [4.78, 5) is 0. The lowest BCUT2D eigenvalue weighted by Crippen LogP contribution is -2.10. The molecule has 0 N–H and O–H groups in total. The Morgan fingerprint density at radius 3 is 2.23 bits per heavy atom. The Bertz CT molecular complexity index is 223. The van der Waals surface area contributed by atoms with E-state index in [-0.39, 0.29) is 0 Å². The van der Waals surface area contributed by atoms with Crippen molar-refractivity contribution in [2.75, 3.05) is 0 Å². The second-order valence-corrected chi connectivity index (χ2v) is 3.98. The molecule has 1 radical (unpaired) electrons. The van der Waals surface area contributed by atoms with Crippen molar-refractivity contribution in [1.82, 2.24) is 0 Å². The normalized spacial score (nSPS) is 13.2. The summed E-state index contributed by atoms with van der Waals surface area (Å²) in [6.45, 7) is 8.56. The van der Waals surface area contributed by atoms with E-state index in [1.807, 2.05) is 0 Å². The van der Waals surface area contributed by atoms with Gasteiger partial charge in [-0.25, -0.2) is 0 Å². The lowest BCUT2D eigenvalue weighted by molar-refractivity contribution is 0.385. The number of benzene rings is 1. The zero-order valence-corrected chi connectivity index (χ0v) is 8.66. The maximum atomic E-state index is 4.00. The van der Waals surface area contributed by atoms with Gasteiger partial charge < -0.3 is 0 Å². The molecular weight excluding hydrogens is 156 g/mol. The first-order valence-corrected chi connectivity index (χ1v) is 5.07. The highest BCUT2D eigenvalue weighted by molar-refractivity contribution is 5.15. The van der Waals surface area contributed by atoms with Crippen LogP contribution in [-0.4, -0.2) is 0 Å². The van der Waals surface area contributed by atoms with E-state index in [4.69, 9.17) is 0 Å². The molecule has 1 rings (SSSR count).